The first kappa shape index (κ1) is 19.3. The van der Waals surface area contributed by atoms with Crippen LogP contribution in [0, 0.1) is 0 Å². The molecule has 0 atom stereocenters. The molecule has 0 saturated heterocycles. The highest BCUT2D eigenvalue weighted by Gasteiger charge is 2.11. The zero-order valence-corrected chi connectivity index (χ0v) is 14.8. The Hall–Kier alpha value is -3.00. The van der Waals surface area contributed by atoms with E-state index in [-0.39, 0.29) is 18.1 Å². The summed E-state index contributed by atoms with van der Waals surface area (Å²) in [6.45, 7) is 0.0935. The predicted molar refractivity (Wildman–Crippen MR) is 100 cm³/mol. The van der Waals surface area contributed by atoms with Gasteiger partial charge in [0.05, 0.1) is 5.56 Å². The number of hydrogen-bond acceptors (Lipinski definition) is 5. The number of urea groups is 1. The van der Waals surface area contributed by atoms with Crippen molar-refractivity contribution < 1.29 is 19.1 Å². The van der Waals surface area contributed by atoms with Crippen molar-refractivity contribution in [1.82, 2.24) is 5.32 Å². The summed E-state index contributed by atoms with van der Waals surface area (Å²) >= 11 is 1.62. The van der Waals surface area contributed by atoms with Gasteiger partial charge in [-0.15, -0.1) is 11.8 Å². The fourth-order valence-electron chi connectivity index (χ4n) is 2.01. The van der Waals surface area contributed by atoms with E-state index < -0.39 is 12.0 Å². The second-order valence-corrected chi connectivity index (χ2v) is 6.33. The smallest absolute Gasteiger partial charge is 0.338 e. The van der Waals surface area contributed by atoms with Crippen LogP contribution in [0.5, 0.6) is 0 Å². The molecule has 2 aromatic rings. The van der Waals surface area contributed by atoms with Crippen molar-refractivity contribution >= 4 is 35.4 Å². The van der Waals surface area contributed by atoms with Crippen LogP contribution in [0.4, 0.5) is 10.5 Å². The van der Waals surface area contributed by atoms with E-state index in [1.54, 1.807) is 23.9 Å². The maximum Gasteiger partial charge on any atom is 0.338 e. The van der Waals surface area contributed by atoms with Crippen molar-refractivity contribution in [3.05, 3.63) is 60.2 Å². The average molecular weight is 373 g/mol. The topological polar surface area (TPSA) is 111 Å². The molecule has 0 aliphatic carbocycles. The molecule has 0 aliphatic rings. The molecule has 26 heavy (non-hydrogen) atoms. The summed E-state index contributed by atoms with van der Waals surface area (Å²) in [5, 5.41) is 5.05. The van der Waals surface area contributed by atoms with E-state index in [1.165, 1.54) is 12.1 Å². The average Bonchev–Trinajstić information content (AvgIpc) is 2.64. The standard InChI is InChI=1S/C18H19N3O4S/c19-18(24)21-14-6-4-5-13(11-14)17(23)25-12-16(22)20-9-10-26-15-7-2-1-3-8-15/h1-8,11H,9-10,12H2,(H,20,22)(H3,19,21,24). The van der Waals surface area contributed by atoms with Gasteiger partial charge in [0.2, 0.25) is 0 Å². The van der Waals surface area contributed by atoms with Crippen LogP contribution in [0.3, 0.4) is 0 Å². The zero-order valence-electron chi connectivity index (χ0n) is 13.9. The number of ether oxygens (including phenoxy) is 1. The number of hydrogen-bond donors (Lipinski definition) is 3. The first-order chi connectivity index (χ1) is 12.5. The number of benzene rings is 2. The molecule has 0 aliphatic heterocycles. The normalized spacial score (nSPS) is 10.0. The summed E-state index contributed by atoms with van der Waals surface area (Å²) in [6.07, 6.45) is 0. The number of carbonyl (C=O) groups excluding carboxylic acids is 3. The van der Waals surface area contributed by atoms with Gasteiger partial charge in [-0.1, -0.05) is 24.3 Å². The summed E-state index contributed by atoms with van der Waals surface area (Å²) < 4.78 is 4.96. The van der Waals surface area contributed by atoms with Crippen molar-refractivity contribution in [3.63, 3.8) is 0 Å². The fraction of sp³-hybridized carbons (Fsp3) is 0.167. The van der Waals surface area contributed by atoms with E-state index in [0.29, 0.717) is 18.0 Å². The van der Waals surface area contributed by atoms with Crippen molar-refractivity contribution in [2.24, 2.45) is 5.73 Å². The minimum absolute atomic E-state index is 0.212. The molecule has 8 heteroatoms. The first-order valence-electron chi connectivity index (χ1n) is 7.83. The molecule has 0 saturated carbocycles. The number of esters is 1. The minimum Gasteiger partial charge on any atom is -0.452 e. The number of nitrogens with two attached hydrogens (primary N) is 1. The lowest BCUT2D eigenvalue weighted by molar-refractivity contribution is -0.124. The van der Waals surface area contributed by atoms with Gasteiger partial charge in [-0.05, 0) is 30.3 Å². The molecule has 0 aromatic heterocycles. The summed E-state index contributed by atoms with van der Waals surface area (Å²) in [5.74, 6) is -0.324. The molecule has 7 nitrogen and oxygen atoms in total. The first-order valence-corrected chi connectivity index (χ1v) is 8.81. The summed E-state index contributed by atoms with van der Waals surface area (Å²) in [7, 11) is 0. The van der Waals surface area contributed by atoms with Crippen molar-refractivity contribution in [3.8, 4) is 0 Å². The Morgan fingerprint density at radius 1 is 1.04 bits per heavy atom. The van der Waals surface area contributed by atoms with E-state index in [9.17, 15) is 14.4 Å². The second kappa shape index (κ2) is 10.1. The third-order valence-corrected chi connectivity index (χ3v) is 4.15. The van der Waals surface area contributed by atoms with Crippen LogP contribution < -0.4 is 16.4 Å². The molecular formula is C18H19N3O4S. The van der Waals surface area contributed by atoms with Crippen LogP contribution in [0.15, 0.2) is 59.5 Å². The van der Waals surface area contributed by atoms with Crippen LogP contribution in [-0.4, -0.2) is 36.8 Å². The van der Waals surface area contributed by atoms with Gasteiger partial charge in [-0.25, -0.2) is 9.59 Å². The van der Waals surface area contributed by atoms with Crippen LogP contribution in [0.25, 0.3) is 0 Å². The highest BCUT2D eigenvalue weighted by atomic mass is 32.2. The molecule has 0 radical (unpaired) electrons. The Bertz CT molecular complexity index is 768. The van der Waals surface area contributed by atoms with Crippen molar-refractivity contribution in [2.45, 2.75) is 4.90 Å². The Morgan fingerprint density at radius 3 is 2.54 bits per heavy atom. The summed E-state index contributed by atoms with van der Waals surface area (Å²) in [6, 6.07) is 15.2. The molecule has 2 rings (SSSR count). The van der Waals surface area contributed by atoms with Crippen LogP contribution in [-0.2, 0) is 9.53 Å². The molecule has 0 unspecified atom stereocenters. The number of primary amides is 1. The maximum atomic E-state index is 12.0. The number of thioether (sulfide) groups is 1. The van der Waals surface area contributed by atoms with Gasteiger partial charge in [-0.2, -0.15) is 0 Å². The molecule has 0 spiro atoms. The van der Waals surface area contributed by atoms with Gasteiger partial charge in [0.1, 0.15) is 0 Å². The molecule has 3 amide bonds. The molecule has 2 aromatic carbocycles. The quantitative estimate of drug-likeness (QED) is 0.373. The Morgan fingerprint density at radius 2 is 1.81 bits per heavy atom. The van der Waals surface area contributed by atoms with Gasteiger partial charge < -0.3 is 21.1 Å². The molecular weight excluding hydrogens is 354 g/mol. The van der Waals surface area contributed by atoms with Gasteiger partial charge in [0, 0.05) is 22.9 Å². The molecule has 136 valence electrons. The van der Waals surface area contributed by atoms with Gasteiger partial charge in [0.15, 0.2) is 6.61 Å². The van der Waals surface area contributed by atoms with Gasteiger partial charge >= 0.3 is 12.0 Å². The SMILES string of the molecule is NC(=O)Nc1cccc(C(=O)OCC(=O)NCCSc2ccccc2)c1. The van der Waals surface area contributed by atoms with E-state index in [1.807, 2.05) is 30.3 Å². The van der Waals surface area contributed by atoms with E-state index in [4.69, 9.17) is 10.5 Å². The Kier molecular flexibility index (Phi) is 7.50. The van der Waals surface area contributed by atoms with Crippen LogP contribution in [0.2, 0.25) is 0 Å². The predicted octanol–water partition coefficient (Wildman–Crippen LogP) is 2.24. The van der Waals surface area contributed by atoms with Crippen LogP contribution in [0.1, 0.15) is 10.4 Å². The van der Waals surface area contributed by atoms with Crippen LogP contribution >= 0.6 is 11.8 Å². The van der Waals surface area contributed by atoms with Gasteiger partial charge in [-0.3, -0.25) is 4.79 Å². The fourth-order valence-corrected chi connectivity index (χ4v) is 2.80. The number of nitrogens with one attached hydrogen (secondary N) is 2. The summed E-state index contributed by atoms with van der Waals surface area (Å²) in [4.78, 5) is 35.6. The van der Waals surface area contributed by atoms with E-state index >= 15 is 0 Å². The minimum atomic E-state index is -0.733. The third kappa shape index (κ3) is 6.86. The Balaban J connectivity index is 1.69. The van der Waals surface area contributed by atoms with E-state index in [0.717, 1.165) is 4.90 Å². The molecule has 0 fully saturated rings. The summed E-state index contributed by atoms with van der Waals surface area (Å²) in [5.41, 5.74) is 5.60. The number of amides is 3. The lowest BCUT2D eigenvalue weighted by Crippen LogP contribution is -2.30. The molecule has 0 heterocycles. The highest BCUT2D eigenvalue weighted by Crippen LogP contribution is 2.15. The second-order valence-electron chi connectivity index (χ2n) is 5.16. The maximum absolute atomic E-state index is 12.0. The molecule has 4 N–H and O–H groups in total. The van der Waals surface area contributed by atoms with Gasteiger partial charge in [0.25, 0.3) is 5.91 Å². The largest absolute Gasteiger partial charge is 0.452 e. The number of rotatable bonds is 8. The number of carbonyl (C=O) groups is 3. The molecule has 0 bridgehead atoms. The number of anilines is 1. The monoisotopic (exact) mass is 373 g/mol. The zero-order chi connectivity index (χ0) is 18.8. The lowest BCUT2D eigenvalue weighted by Gasteiger charge is -2.08. The van der Waals surface area contributed by atoms with Crippen molar-refractivity contribution in [1.29, 1.82) is 0 Å². The highest BCUT2D eigenvalue weighted by molar-refractivity contribution is 7.99. The van der Waals surface area contributed by atoms with Crippen molar-refractivity contribution in [2.75, 3.05) is 24.2 Å². The third-order valence-electron chi connectivity index (χ3n) is 3.14. The Labute approximate surface area is 155 Å². The lowest BCUT2D eigenvalue weighted by atomic mass is 10.2. The van der Waals surface area contributed by atoms with E-state index in [2.05, 4.69) is 10.6 Å².